The summed E-state index contributed by atoms with van der Waals surface area (Å²) in [5, 5.41) is 0.221. The first-order valence-corrected chi connectivity index (χ1v) is 6.60. The third-order valence-electron chi connectivity index (χ3n) is 3.54. The van der Waals surface area contributed by atoms with Gasteiger partial charge in [-0.2, -0.15) is 26.3 Å². The normalized spacial score (nSPS) is 13.7. The van der Waals surface area contributed by atoms with Crippen molar-refractivity contribution in [3.05, 3.63) is 46.4 Å². The highest BCUT2D eigenvalue weighted by Gasteiger charge is 2.68. The van der Waals surface area contributed by atoms with Crippen molar-refractivity contribution in [3.8, 4) is 0 Å². The summed E-state index contributed by atoms with van der Waals surface area (Å²) < 4.78 is 79.5. The van der Waals surface area contributed by atoms with Crippen LogP contribution in [0.1, 0.15) is 12.5 Å². The summed E-state index contributed by atoms with van der Waals surface area (Å²) in [4.78, 5) is 0. The van der Waals surface area contributed by atoms with Crippen molar-refractivity contribution in [2.75, 3.05) is 0 Å². The molecule has 0 aromatic heterocycles. The number of alkyl halides is 6. The molecule has 0 spiro atoms. The minimum absolute atomic E-state index is 0.0796. The molecule has 0 nitrogen and oxygen atoms in total. The van der Waals surface area contributed by atoms with Crippen molar-refractivity contribution < 1.29 is 26.3 Å². The van der Waals surface area contributed by atoms with Crippen molar-refractivity contribution in [1.29, 1.82) is 0 Å². The molecule has 0 fully saturated rings. The van der Waals surface area contributed by atoms with E-state index in [0.29, 0.717) is 9.86 Å². The molecule has 0 heterocycles. The lowest BCUT2D eigenvalue weighted by molar-refractivity contribution is -0.296. The Morgan fingerprint density at radius 2 is 1.24 bits per heavy atom. The Morgan fingerprint density at radius 1 is 0.762 bits per heavy atom. The first-order chi connectivity index (χ1) is 9.50. The van der Waals surface area contributed by atoms with Crippen molar-refractivity contribution in [2.24, 2.45) is 0 Å². The third kappa shape index (κ3) is 2.41. The SMILES string of the molecule is CC(c1ccc(Br)c2ccccc12)(C(F)(F)F)C(F)(F)F. The van der Waals surface area contributed by atoms with Gasteiger partial charge in [-0.3, -0.25) is 0 Å². The van der Waals surface area contributed by atoms with Gasteiger partial charge in [0, 0.05) is 4.47 Å². The Kier molecular flexibility index (Phi) is 3.76. The summed E-state index contributed by atoms with van der Waals surface area (Å²) in [7, 11) is 0. The van der Waals surface area contributed by atoms with Gasteiger partial charge in [-0.05, 0) is 29.3 Å². The smallest absolute Gasteiger partial charge is 0.170 e. The first-order valence-electron chi connectivity index (χ1n) is 5.81. The van der Waals surface area contributed by atoms with Crippen LogP contribution >= 0.6 is 15.9 Å². The second-order valence-electron chi connectivity index (χ2n) is 4.76. The molecule has 0 radical (unpaired) electrons. The maximum atomic E-state index is 13.2. The van der Waals surface area contributed by atoms with E-state index >= 15 is 0 Å². The molecule has 0 N–H and O–H groups in total. The molecule has 21 heavy (non-hydrogen) atoms. The molecule has 114 valence electrons. The van der Waals surface area contributed by atoms with Gasteiger partial charge in [0.15, 0.2) is 5.41 Å². The zero-order valence-electron chi connectivity index (χ0n) is 10.6. The summed E-state index contributed by atoms with van der Waals surface area (Å²) in [6.45, 7) is 0.169. The lowest BCUT2D eigenvalue weighted by Crippen LogP contribution is -2.51. The van der Waals surface area contributed by atoms with Crippen molar-refractivity contribution in [3.63, 3.8) is 0 Å². The summed E-state index contributed by atoms with van der Waals surface area (Å²) >= 11 is 3.14. The van der Waals surface area contributed by atoms with E-state index in [4.69, 9.17) is 0 Å². The maximum Gasteiger partial charge on any atom is 0.406 e. The molecule has 7 heteroatoms. The average molecular weight is 371 g/mol. The standard InChI is InChI=1S/C14H9BrF6/c1-12(13(16,17)18,14(19,20)21)10-6-7-11(15)9-5-3-2-4-8(9)10/h2-7H,1H3. The van der Waals surface area contributed by atoms with Gasteiger partial charge >= 0.3 is 12.4 Å². The van der Waals surface area contributed by atoms with E-state index < -0.39 is 23.3 Å². The molecule has 0 saturated heterocycles. The van der Waals surface area contributed by atoms with E-state index in [9.17, 15) is 26.3 Å². The number of halogens is 7. The van der Waals surface area contributed by atoms with Crippen LogP contribution in [-0.2, 0) is 5.41 Å². The number of hydrogen-bond donors (Lipinski definition) is 0. The zero-order valence-corrected chi connectivity index (χ0v) is 12.2. The number of fused-ring (bicyclic) bond motifs is 1. The minimum atomic E-state index is -5.46. The van der Waals surface area contributed by atoms with E-state index in [-0.39, 0.29) is 12.3 Å². The highest BCUT2D eigenvalue weighted by Crippen LogP contribution is 2.53. The predicted octanol–water partition coefficient (Wildman–Crippen LogP) is 5.98. The van der Waals surface area contributed by atoms with Crippen LogP contribution in [0.25, 0.3) is 10.8 Å². The predicted molar refractivity (Wildman–Crippen MR) is 71.1 cm³/mol. The van der Waals surface area contributed by atoms with E-state index in [0.717, 1.165) is 6.07 Å². The van der Waals surface area contributed by atoms with E-state index in [1.165, 1.54) is 24.3 Å². The monoisotopic (exact) mass is 370 g/mol. The second kappa shape index (κ2) is 4.90. The number of rotatable bonds is 1. The Morgan fingerprint density at radius 3 is 1.71 bits per heavy atom. The van der Waals surface area contributed by atoms with Crippen LogP contribution in [0.3, 0.4) is 0 Å². The number of hydrogen-bond acceptors (Lipinski definition) is 0. The molecule has 0 aliphatic rings. The molecule has 0 aliphatic heterocycles. The fraction of sp³-hybridized carbons (Fsp3) is 0.286. The van der Waals surface area contributed by atoms with Crippen molar-refractivity contribution in [1.82, 2.24) is 0 Å². The van der Waals surface area contributed by atoms with E-state index in [1.807, 2.05) is 0 Å². The molecule has 0 amide bonds. The minimum Gasteiger partial charge on any atom is -0.170 e. The maximum absolute atomic E-state index is 13.2. The Labute approximate surface area is 124 Å². The van der Waals surface area contributed by atoms with Crippen molar-refractivity contribution in [2.45, 2.75) is 24.7 Å². The van der Waals surface area contributed by atoms with Gasteiger partial charge in [-0.1, -0.05) is 46.3 Å². The van der Waals surface area contributed by atoms with Crippen LogP contribution in [0.4, 0.5) is 26.3 Å². The molecule has 2 rings (SSSR count). The molecule has 0 aliphatic carbocycles. The van der Waals surface area contributed by atoms with Crippen LogP contribution in [0.15, 0.2) is 40.9 Å². The largest absolute Gasteiger partial charge is 0.406 e. The first kappa shape index (κ1) is 16.1. The zero-order chi connectivity index (χ0) is 16.1. The fourth-order valence-electron chi connectivity index (χ4n) is 2.16. The number of benzene rings is 2. The van der Waals surface area contributed by atoms with Crippen LogP contribution in [0.5, 0.6) is 0 Å². The molecule has 0 unspecified atom stereocenters. The average Bonchev–Trinajstić information content (AvgIpc) is 2.36. The molecular formula is C14H9BrF6. The highest BCUT2D eigenvalue weighted by atomic mass is 79.9. The van der Waals surface area contributed by atoms with E-state index in [2.05, 4.69) is 15.9 Å². The summed E-state index contributed by atoms with van der Waals surface area (Å²) in [5.74, 6) is 0. The molecule has 0 bridgehead atoms. The Bertz CT molecular complexity index is 657. The highest BCUT2D eigenvalue weighted by molar-refractivity contribution is 9.10. The molecule has 2 aromatic rings. The van der Waals surface area contributed by atoms with Crippen molar-refractivity contribution >= 4 is 26.7 Å². The molecular weight excluding hydrogens is 362 g/mol. The molecule has 0 atom stereocenters. The van der Waals surface area contributed by atoms with Gasteiger partial charge in [0.1, 0.15) is 0 Å². The van der Waals surface area contributed by atoms with Crippen LogP contribution in [0.2, 0.25) is 0 Å². The van der Waals surface area contributed by atoms with Crippen LogP contribution in [-0.4, -0.2) is 12.4 Å². The lowest BCUT2D eigenvalue weighted by atomic mass is 9.78. The van der Waals surface area contributed by atoms with Crippen LogP contribution < -0.4 is 0 Å². The van der Waals surface area contributed by atoms with Gasteiger partial charge in [-0.25, -0.2) is 0 Å². The Hall–Kier alpha value is -1.24. The molecule has 0 saturated carbocycles. The summed E-state index contributed by atoms with van der Waals surface area (Å²) in [6, 6.07) is 7.75. The fourth-order valence-corrected chi connectivity index (χ4v) is 2.64. The van der Waals surface area contributed by atoms with Gasteiger partial charge < -0.3 is 0 Å². The quantitative estimate of drug-likeness (QED) is 0.541. The van der Waals surface area contributed by atoms with Gasteiger partial charge in [0.05, 0.1) is 0 Å². The summed E-state index contributed by atoms with van der Waals surface area (Å²) in [6.07, 6.45) is -10.9. The summed E-state index contributed by atoms with van der Waals surface area (Å²) in [5.41, 5.74) is -4.73. The third-order valence-corrected chi connectivity index (χ3v) is 4.23. The Balaban J connectivity index is 2.89. The van der Waals surface area contributed by atoms with Gasteiger partial charge in [0.25, 0.3) is 0 Å². The van der Waals surface area contributed by atoms with E-state index in [1.54, 1.807) is 6.07 Å². The second-order valence-corrected chi connectivity index (χ2v) is 5.62. The van der Waals surface area contributed by atoms with Crippen LogP contribution in [0, 0.1) is 0 Å². The van der Waals surface area contributed by atoms with Gasteiger partial charge in [0.2, 0.25) is 0 Å². The lowest BCUT2D eigenvalue weighted by Gasteiger charge is -2.35. The van der Waals surface area contributed by atoms with Gasteiger partial charge in [-0.15, -0.1) is 0 Å². The topological polar surface area (TPSA) is 0 Å². The molecule has 2 aromatic carbocycles.